The van der Waals surface area contributed by atoms with Gasteiger partial charge in [-0.2, -0.15) is 5.10 Å². The number of nitrogens with zero attached hydrogens (tertiary/aromatic N) is 3. The first-order valence-electron chi connectivity index (χ1n) is 6.14. The zero-order valence-corrected chi connectivity index (χ0v) is 10.1. The molecule has 0 saturated carbocycles. The molecule has 1 aliphatic heterocycles. The lowest BCUT2D eigenvalue weighted by molar-refractivity contribution is 0.0454. The van der Waals surface area contributed by atoms with Gasteiger partial charge in [0.2, 0.25) is 0 Å². The molecule has 3 rings (SSSR count). The third-order valence-corrected chi connectivity index (χ3v) is 3.13. The quantitative estimate of drug-likeness (QED) is 0.871. The van der Waals surface area contributed by atoms with Crippen molar-refractivity contribution >= 4 is 0 Å². The molecule has 5 nitrogen and oxygen atoms in total. The van der Waals surface area contributed by atoms with Crippen molar-refractivity contribution in [3.63, 3.8) is 0 Å². The van der Waals surface area contributed by atoms with Crippen molar-refractivity contribution in [2.75, 3.05) is 13.2 Å². The topological polar surface area (TPSA) is 66.0 Å². The number of rotatable bonds is 3. The van der Waals surface area contributed by atoms with Gasteiger partial charge in [-0.1, -0.05) is 6.07 Å². The van der Waals surface area contributed by atoms with Gasteiger partial charge in [0, 0.05) is 18.9 Å². The van der Waals surface area contributed by atoms with Crippen molar-refractivity contribution in [3.8, 4) is 0 Å². The highest BCUT2D eigenvalue weighted by molar-refractivity contribution is 5.22. The molecule has 2 aromatic heterocycles. The smallest absolute Gasteiger partial charge is 0.114 e. The summed E-state index contributed by atoms with van der Waals surface area (Å²) in [5.41, 5.74) is 8.92. The lowest BCUT2D eigenvalue weighted by atomic mass is 10.1. The Morgan fingerprint density at radius 3 is 3.17 bits per heavy atom. The first-order chi connectivity index (χ1) is 8.86. The van der Waals surface area contributed by atoms with Crippen LogP contribution in [0.1, 0.15) is 23.1 Å². The highest BCUT2D eigenvalue weighted by Gasteiger charge is 2.23. The van der Waals surface area contributed by atoms with E-state index in [2.05, 4.69) is 16.3 Å². The normalized spacial score (nSPS) is 18.6. The van der Waals surface area contributed by atoms with E-state index >= 15 is 0 Å². The Morgan fingerprint density at radius 1 is 1.44 bits per heavy atom. The van der Waals surface area contributed by atoms with Crippen LogP contribution in [0.15, 0.2) is 30.6 Å². The Kier molecular flexibility index (Phi) is 3.08. The summed E-state index contributed by atoms with van der Waals surface area (Å²) in [7, 11) is 0. The van der Waals surface area contributed by atoms with E-state index in [0.29, 0.717) is 13.1 Å². The van der Waals surface area contributed by atoms with Crippen molar-refractivity contribution in [1.82, 2.24) is 14.8 Å². The van der Waals surface area contributed by atoms with E-state index in [0.717, 1.165) is 24.4 Å². The minimum atomic E-state index is -0.0567. The van der Waals surface area contributed by atoms with Crippen molar-refractivity contribution in [2.24, 2.45) is 5.73 Å². The minimum Gasteiger partial charge on any atom is -0.370 e. The van der Waals surface area contributed by atoms with E-state index in [-0.39, 0.29) is 6.10 Å². The maximum Gasteiger partial charge on any atom is 0.114 e. The second-order valence-corrected chi connectivity index (χ2v) is 4.40. The van der Waals surface area contributed by atoms with Crippen LogP contribution in [-0.2, 0) is 17.7 Å². The maximum atomic E-state index is 5.69. The summed E-state index contributed by atoms with van der Waals surface area (Å²) in [4.78, 5) is 4.30. The van der Waals surface area contributed by atoms with Crippen molar-refractivity contribution in [3.05, 3.63) is 47.5 Å². The number of hydrogen-bond acceptors (Lipinski definition) is 4. The molecule has 0 spiro atoms. The number of aromatic nitrogens is 3. The molecule has 0 bridgehead atoms. The summed E-state index contributed by atoms with van der Waals surface area (Å²) < 4.78 is 7.52. The van der Waals surface area contributed by atoms with E-state index in [1.807, 2.05) is 22.9 Å². The fourth-order valence-corrected chi connectivity index (χ4v) is 2.25. The van der Waals surface area contributed by atoms with E-state index in [9.17, 15) is 0 Å². The molecule has 0 radical (unpaired) electrons. The maximum absolute atomic E-state index is 5.69. The number of ether oxygens (including phenoxy) is 1. The third kappa shape index (κ3) is 2.14. The summed E-state index contributed by atoms with van der Waals surface area (Å²) >= 11 is 0. The standard InChI is InChI=1S/C13H16N4O/c14-7-12-13-10(4-6-18-12)8-17(16-13)9-11-3-1-2-5-15-11/h1-3,5,8,12H,4,6-7,9,14H2. The average molecular weight is 244 g/mol. The molecule has 1 atom stereocenters. The lowest BCUT2D eigenvalue weighted by Gasteiger charge is -2.19. The fourth-order valence-electron chi connectivity index (χ4n) is 2.25. The van der Waals surface area contributed by atoms with Crippen molar-refractivity contribution in [1.29, 1.82) is 0 Å². The molecule has 18 heavy (non-hydrogen) atoms. The minimum absolute atomic E-state index is 0.0567. The van der Waals surface area contributed by atoms with Crippen molar-refractivity contribution < 1.29 is 4.74 Å². The van der Waals surface area contributed by atoms with Gasteiger partial charge in [0.1, 0.15) is 6.10 Å². The Bertz CT molecular complexity index is 523. The van der Waals surface area contributed by atoms with E-state index in [1.165, 1.54) is 5.56 Å². The number of pyridine rings is 1. The summed E-state index contributed by atoms with van der Waals surface area (Å²) in [5.74, 6) is 0. The Morgan fingerprint density at radius 2 is 2.39 bits per heavy atom. The summed E-state index contributed by atoms with van der Waals surface area (Å²) in [5, 5.41) is 4.57. The van der Waals surface area contributed by atoms with Gasteiger partial charge in [0.25, 0.3) is 0 Å². The van der Waals surface area contributed by atoms with Gasteiger partial charge in [-0.05, 0) is 24.1 Å². The summed E-state index contributed by atoms with van der Waals surface area (Å²) in [6.07, 6.45) is 4.73. The molecule has 0 amide bonds. The van der Waals surface area contributed by atoms with Crippen LogP contribution >= 0.6 is 0 Å². The number of nitrogens with two attached hydrogens (primary N) is 1. The second kappa shape index (κ2) is 4.88. The molecule has 1 aliphatic rings. The van der Waals surface area contributed by atoms with E-state index in [1.54, 1.807) is 6.20 Å². The van der Waals surface area contributed by atoms with Gasteiger partial charge in [0.15, 0.2) is 0 Å². The van der Waals surface area contributed by atoms with Gasteiger partial charge in [-0.3, -0.25) is 9.67 Å². The molecule has 94 valence electrons. The molecule has 0 aromatic carbocycles. The predicted molar refractivity (Wildman–Crippen MR) is 67.0 cm³/mol. The Balaban J connectivity index is 1.84. The van der Waals surface area contributed by atoms with Crippen LogP contribution in [0.5, 0.6) is 0 Å². The number of hydrogen-bond donors (Lipinski definition) is 1. The van der Waals surface area contributed by atoms with Crippen LogP contribution in [0.4, 0.5) is 0 Å². The molecule has 1 unspecified atom stereocenters. The van der Waals surface area contributed by atoms with Crippen LogP contribution < -0.4 is 5.73 Å². The van der Waals surface area contributed by atoms with Gasteiger partial charge in [0.05, 0.1) is 24.5 Å². The Hall–Kier alpha value is -1.72. The third-order valence-electron chi connectivity index (χ3n) is 3.13. The fraction of sp³-hybridized carbons (Fsp3) is 0.385. The predicted octanol–water partition coefficient (Wildman–Crippen LogP) is 0.899. The second-order valence-electron chi connectivity index (χ2n) is 4.40. The van der Waals surface area contributed by atoms with Gasteiger partial charge >= 0.3 is 0 Å². The molecule has 3 heterocycles. The van der Waals surface area contributed by atoms with Crippen LogP contribution in [-0.4, -0.2) is 27.9 Å². The van der Waals surface area contributed by atoms with Crippen molar-refractivity contribution in [2.45, 2.75) is 19.1 Å². The highest BCUT2D eigenvalue weighted by Crippen LogP contribution is 2.24. The monoisotopic (exact) mass is 244 g/mol. The van der Waals surface area contributed by atoms with Crippen LogP contribution in [0.2, 0.25) is 0 Å². The Labute approximate surface area is 106 Å². The molecule has 2 aromatic rings. The zero-order valence-electron chi connectivity index (χ0n) is 10.1. The SMILES string of the molecule is NCC1OCCc2cn(Cc3ccccn3)nc21. The van der Waals surface area contributed by atoms with Gasteiger partial charge < -0.3 is 10.5 Å². The lowest BCUT2D eigenvalue weighted by Crippen LogP contribution is -2.22. The summed E-state index contributed by atoms with van der Waals surface area (Å²) in [6, 6.07) is 5.89. The summed E-state index contributed by atoms with van der Waals surface area (Å²) in [6.45, 7) is 1.89. The molecular weight excluding hydrogens is 228 g/mol. The molecule has 0 aliphatic carbocycles. The first-order valence-corrected chi connectivity index (χ1v) is 6.14. The van der Waals surface area contributed by atoms with Gasteiger partial charge in [-0.15, -0.1) is 0 Å². The molecule has 2 N–H and O–H groups in total. The van der Waals surface area contributed by atoms with Gasteiger partial charge in [-0.25, -0.2) is 0 Å². The molecule has 0 fully saturated rings. The zero-order chi connectivity index (χ0) is 12.4. The molecule has 5 heteroatoms. The molecule has 0 saturated heterocycles. The number of fused-ring (bicyclic) bond motifs is 1. The van der Waals surface area contributed by atoms with Crippen LogP contribution in [0.3, 0.4) is 0 Å². The van der Waals surface area contributed by atoms with Crippen LogP contribution in [0, 0.1) is 0 Å². The van der Waals surface area contributed by atoms with Crippen LogP contribution in [0.25, 0.3) is 0 Å². The average Bonchev–Trinajstić information content (AvgIpc) is 2.82. The largest absolute Gasteiger partial charge is 0.370 e. The first kappa shape index (κ1) is 11.4. The van der Waals surface area contributed by atoms with E-state index < -0.39 is 0 Å². The molecular formula is C13H16N4O. The van der Waals surface area contributed by atoms with E-state index in [4.69, 9.17) is 10.5 Å². The highest BCUT2D eigenvalue weighted by atomic mass is 16.5.